The molecular formula is C13H20N2O4S2. The zero-order valence-electron chi connectivity index (χ0n) is 12.2. The third-order valence-electron chi connectivity index (χ3n) is 3.36. The summed E-state index contributed by atoms with van der Waals surface area (Å²) in [5.41, 5.74) is 0.873. The van der Waals surface area contributed by atoms with Gasteiger partial charge in [-0.05, 0) is 24.7 Å². The number of rotatable bonds is 5. The molecule has 0 bridgehead atoms. The number of nitrogens with one attached hydrogen (secondary N) is 1. The van der Waals surface area contributed by atoms with Crippen LogP contribution in [0.15, 0.2) is 23.1 Å². The monoisotopic (exact) mass is 332 g/mol. The third-order valence-corrected chi connectivity index (χ3v) is 6.56. The molecule has 0 atom stereocenters. The van der Waals surface area contributed by atoms with E-state index in [0.29, 0.717) is 23.8 Å². The Morgan fingerprint density at radius 2 is 2.00 bits per heavy atom. The van der Waals surface area contributed by atoms with Gasteiger partial charge in [0, 0.05) is 41.9 Å². The minimum Gasteiger partial charge on any atom is -0.495 e. The van der Waals surface area contributed by atoms with E-state index < -0.39 is 20.8 Å². The molecule has 0 radical (unpaired) electrons. The van der Waals surface area contributed by atoms with Gasteiger partial charge in [-0.25, -0.2) is 8.42 Å². The number of methoxy groups -OCH3 is 1. The summed E-state index contributed by atoms with van der Waals surface area (Å²) in [4.78, 5) is 0.172. The molecule has 1 aliphatic rings. The van der Waals surface area contributed by atoms with Gasteiger partial charge in [-0.2, -0.15) is 4.31 Å². The van der Waals surface area contributed by atoms with E-state index in [0.717, 1.165) is 5.56 Å². The van der Waals surface area contributed by atoms with E-state index in [-0.39, 0.29) is 18.0 Å². The molecule has 6 nitrogen and oxygen atoms in total. The number of nitrogens with zero attached hydrogens (tertiary/aromatic N) is 1. The van der Waals surface area contributed by atoms with Gasteiger partial charge in [0.25, 0.3) is 0 Å². The maximum Gasteiger partial charge on any atom is 0.246 e. The van der Waals surface area contributed by atoms with E-state index in [9.17, 15) is 12.6 Å². The first-order chi connectivity index (χ1) is 9.98. The Labute approximate surface area is 128 Å². The summed E-state index contributed by atoms with van der Waals surface area (Å²) in [6.45, 7) is 1.15. The smallest absolute Gasteiger partial charge is 0.246 e. The van der Waals surface area contributed by atoms with Crippen molar-refractivity contribution in [3.8, 4) is 5.75 Å². The fraction of sp³-hybridized carbons (Fsp3) is 0.538. The van der Waals surface area contributed by atoms with Crippen LogP contribution in [-0.2, 0) is 27.4 Å². The maximum absolute atomic E-state index is 12.8. The number of hydrogen-bond donors (Lipinski definition) is 1. The predicted molar refractivity (Wildman–Crippen MR) is 82.4 cm³/mol. The molecule has 1 aromatic carbocycles. The zero-order chi connectivity index (χ0) is 15.5. The van der Waals surface area contributed by atoms with Crippen molar-refractivity contribution in [3.63, 3.8) is 0 Å². The van der Waals surface area contributed by atoms with Gasteiger partial charge in [-0.3, -0.25) is 4.21 Å². The molecule has 21 heavy (non-hydrogen) atoms. The molecule has 1 saturated heterocycles. The maximum atomic E-state index is 12.8. The van der Waals surface area contributed by atoms with Gasteiger partial charge in [-0.15, -0.1) is 0 Å². The highest BCUT2D eigenvalue weighted by Gasteiger charge is 2.30. The van der Waals surface area contributed by atoms with Gasteiger partial charge in [0.15, 0.2) is 0 Å². The molecule has 8 heteroatoms. The SMILES string of the molecule is CNCc1ccc(OC)c(S(=O)(=O)N2CCS(=O)CC2)c1. The first-order valence-corrected chi connectivity index (χ1v) is 9.58. The van der Waals surface area contributed by atoms with Crippen LogP contribution in [0.4, 0.5) is 0 Å². The summed E-state index contributed by atoms with van der Waals surface area (Å²) < 4.78 is 43.5. The van der Waals surface area contributed by atoms with Crippen LogP contribution in [0, 0.1) is 0 Å². The van der Waals surface area contributed by atoms with E-state index in [1.54, 1.807) is 19.2 Å². The van der Waals surface area contributed by atoms with Crippen molar-refractivity contribution in [3.05, 3.63) is 23.8 Å². The van der Waals surface area contributed by atoms with Crippen LogP contribution in [0.3, 0.4) is 0 Å². The molecule has 1 N–H and O–H groups in total. The molecule has 118 valence electrons. The van der Waals surface area contributed by atoms with Crippen LogP contribution >= 0.6 is 0 Å². The van der Waals surface area contributed by atoms with Crippen molar-refractivity contribution in [2.75, 3.05) is 38.8 Å². The van der Waals surface area contributed by atoms with Gasteiger partial charge < -0.3 is 10.1 Å². The summed E-state index contributed by atoms with van der Waals surface area (Å²) in [5.74, 6) is 1.11. The fourth-order valence-corrected chi connectivity index (χ4v) is 5.17. The molecule has 0 spiro atoms. The minimum atomic E-state index is -3.62. The molecule has 0 unspecified atom stereocenters. The first kappa shape index (κ1) is 16.4. The lowest BCUT2D eigenvalue weighted by molar-refractivity contribution is 0.394. The fourth-order valence-electron chi connectivity index (χ4n) is 2.24. The Bertz CT molecular complexity index is 621. The lowest BCUT2D eigenvalue weighted by Crippen LogP contribution is -2.41. The second-order valence-electron chi connectivity index (χ2n) is 4.77. The predicted octanol–water partition coefficient (Wildman–Crippen LogP) is 0.168. The molecule has 0 aromatic heterocycles. The lowest BCUT2D eigenvalue weighted by Gasteiger charge is -2.26. The molecular weight excluding hydrogens is 312 g/mol. The van der Waals surface area contributed by atoms with Crippen molar-refractivity contribution in [2.24, 2.45) is 0 Å². The Balaban J connectivity index is 2.37. The standard InChI is InChI=1S/C13H20N2O4S2/c1-14-10-11-3-4-12(19-2)13(9-11)21(17,18)15-5-7-20(16)8-6-15/h3-4,9,14H,5-8,10H2,1-2H3. The summed E-state index contributed by atoms with van der Waals surface area (Å²) in [5, 5.41) is 3.00. The van der Waals surface area contributed by atoms with Crippen LogP contribution < -0.4 is 10.1 Å². The average Bonchev–Trinajstić information content (AvgIpc) is 2.48. The van der Waals surface area contributed by atoms with Gasteiger partial charge in [0.1, 0.15) is 10.6 Å². The topological polar surface area (TPSA) is 75.7 Å². The number of benzene rings is 1. The molecule has 1 fully saturated rings. The van der Waals surface area contributed by atoms with Crippen molar-refractivity contribution in [2.45, 2.75) is 11.4 Å². The van der Waals surface area contributed by atoms with Crippen molar-refractivity contribution < 1.29 is 17.4 Å². The molecule has 1 aliphatic heterocycles. The quantitative estimate of drug-likeness (QED) is 0.832. The number of hydrogen-bond acceptors (Lipinski definition) is 5. The number of ether oxygens (including phenoxy) is 1. The van der Waals surface area contributed by atoms with E-state index >= 15 is 0 Å². The van der Waals surface area contributed by atoms with Crippen LogP contribution in [0.5, 0.6) is 5.75 Å². The first-order valence-electron chi connectivity index (χ1n) is 6.65. The Morgan fingerprint density at radius 1 is 1.33 bits per heavy atom. The summed E-state index contributed by atoms with van der Waals surface area (Å²) in [7, 11) is -1.28. The van der Waals surface area contributed by atoms with Crippen LogP contribution in [0.2, 0.25) is 0 Å². The van der Waals surface area contributed by atoms with Crippen molar-refractivity contribution >= 4 is 20.8 Å². The molecule has 0 aliphatic carbocycles. The molecule has 0 saturated carbocycles. The summed E-state index contributed by atoms with van der Waals surface area (Å²) in [6, 6.07) is 5.14. The van der Waals surface area contributed by atoms with Crippen LogP contribution in [0.1, 0.15) is 5.56 Å². The molecule has 2 rings (SSSR count). The van der Waals surface area contributed by atoms with Gasteiger partial charge in [0.2, 0.25) is 10.0 Å². The van der Waals surface area contributed by atoms with E-state index in [1.807, 2.05) is 6.07 Å². The van der Waals surface area contributed by atoms with Gasteiger partial charge in [-0.1, -0.05) is 6.07 Å². The van der Waals surface area contributed by atoms with E-state index in [4.69, 9.17) is 4.74 Å². The lowest BCUT2D eigenvalue weighted by atomic mass is 10.2. The highest BCUT2D eigenvalue weighted by Crippen LogP contribution is 2.28. The largest absolute Gasteiger partial charge is 0.495 e. The molecule has 0 amide bonds. The Hall–Kier alpha value is -0.960. The van der Waals surface area contributed by atoms with Crippen LogP contribution in [0.25, 0.3) is 0 Å². The van der Waals surface area contributed by atoms with Gasteiger partial charge in [0.05, 0.1) is 7.11 Å². The van der Waals surface area contributed by atoms with Crippen LogP contribution in [-0.4, -0.2) is 55.7 Å². The highest BCUT2D eigenvalue weighted by atomic mass is 32.2. The highest BCUT2D eigenvalue weighted by molar-refractivity contribution is 7.89. The normalized spacial score (nSPS) is 17.8. The van der Waals surface area contributed by atoms with Crippen molar-refractivity contribution in [1.82, 2.24) is 9.62 Å². The second-order valence-corrected chi connectivity index (χ2v) is 8.37. The Morgan fingerprint density at radius 3 is 2.57 bits per heavy atom. The zero-order valence-corrected chi connectivity index (χ0v) is 13.8. The minimum absolute atomic E-state index is 0.172. The number of sulfonamides is 1. The Kier molecular flexibility index (Phi) is 5.37. The van der Waals surface area contributed by atoms with Crippen molar-refractivity contribution in [1.29, 1.82) is 0 Å². The van der Waals surface area contributed by atoms with Gasteiger partial charge >= 0.3 is 0 Å². The molecule has 1 heterocycles. The molecule has 1 aromatic rings. The average molecular weight is 332 g/mol. The van der Waals surface area contributed by atoms with E-state index in [2.05, 4.69) is 5.32 Å². The summed E-state index contributed by atoms with van der Waals surface area (Å²) >= 11 is 0. The second kappa shape index (κ2) is 6.87. The summed E-state index contributed by atoms with van der Waals surface area (Å²) in [6.07, 6.45) is 0. The van der Waals surface area contributed by atoms with E-state index in [1.165, 1.54) is 11.4 Å². The third kappa shape index (κ3) is 3.63.